The summed E-state index contributed by atoms with van der Waals surface area (Å²) in [5.41, 5.74) is 1.58. The van der Waals surface area contributed by atoms with Crippen LogP contribution < -0.4 is 14.5 Å². The highest BCUT2D eigenvalue weighted by molar-refractivity contribution is 5.92. The molecule has 2 fully saturated rings. The fourth-order valence-corrected chi connectivity index (χ4v) is 4.03. The molecule has 3 heterocycles. The summed E-state index contributed by atoms with van der Waals surface area (Å²) in [6.45, 7) is 5.01. The molecule has 0 radical (unpaired) electrons. The molecule has 1 aromatic carbocycles. The lowest BCUT2D eigenvalue weighted by molar-refractivity contribution is 0.0739. The Balaban J connectivity index is 1.34. The second kappa shape index (κ2) is 9.11. The van der Waals surface area contributed by atoms with Crippen molar-refractivity contribution < 1.29 is 9.53 Å². The number of rotatable bonds is 4. The van der Waals surface area contributed by atoms with E-state index in [0.717, 1.165) is 43.4 Å². The van der Waals surface area contributed by atoms with E-state index in [9.17, 15) is 4.79 Å². The molecule has 0 saturated carbocycles. The number of aromatic nitrogens is 2. The van der Waals surface area contributed by atoms with Crippen molar-refractivity contribution in [2.75, 3.05) is 56.2 Å². The zero-order chi connectivity index (χ0) is 20.1. The van der Waals surface area contributed by atoms with Gasteiger partial charge >= 0.3 is 0 Å². The maximum absolute atomic E-state index is 12.8. The van der Waals surface area contributed by atoms with E-state index >= 15 is 0 Å². The Morgan fingerprint density at radius 2 is 1.48 bits per heavy atom. The Morgan fingerprint density at radius 3 is 2.07 bits per heavy atom. The molecule has 0 atom stereocenters. The Kier molecular flexibility index (Phi) is 6.12. The summed E-state index contributed by atoms with van der Waals surface area (Å²) >= 11 is 0. The zero-order valence-corrected chi connectivity index (χ0v) is 17.1. The van der Waals surface area contributed by atoms with Gasteiger partial charge in [0, 0.05) is 45.0 Å². The van der Waals surface area contributed by atoms with Crippen LogP contribution in [0.4, 0.5) is 11.5 Å². The van der Waals surface area contributed by atoms with Crippen LogP contribution in [0.1, 0.15) is 36.2 Å². The number of anilines is 2. The molecule has 7 nitrogen and oxygen atoms in total. The molecule has 0 spiro atoms. The fraction of sp³-hybridized carbons (Fsp3) is 0.500. The van der Waals surface area contributed by atoms with Gasteiger partial charge in [0.05, 0.1) is 7.11 Å². The van der Waals surface area contributed by atoms with E-state index < -0.39 is 0 Å². The molecule has 2 aliphatic heterocycles. The van der Waals surface area contributed by atoms with Gasteiger partial charge in [0.15, 0.2) is 11.5 Å². The zero-order valence-electron chi connectivity index (χ0n) is 17.1. The van der Waals surface area contributed by atoms with Gasteiger partial charge in [-0.3, -0.25) is 4.79 Å². The summed E-state index contributed by atoms with van der Waals surface area (Å²) in [6.07, 6.45) is 4.95. The van der Waals surface area contributed by atoms with Crippen LogP contribution in [-0.2, 0) is 0 Å². The summed E-state index contributed by atoms with van der Waals surface area (Å²) in [5.74, 6) is 1.70. The van der Waals surface area contributed by atoms with Crippen molar-refractivity contribution in [3.8, 4) is 5.75 Å². The number of ether oxygens (including phenoxy) is 1. The van der Waals surface area contributed by atoms with Gasteiger partial charge in [-0.1, -0.05) is 12.8 Å². The minimum Gasteiger partial charge on any atom is -0.497 e. The Hall–Kier alpha value is -2.83. The average molecular weight is 396 g/mol. The summed E-state index contributed by atoms with van der Waals surface area (Å²) < 4.78 is 5.22. The van der Waals surface area contributed by atoms with Gasteiger partial charge in [-0.15, -0.1) is 10.2 Å². The van der Waals surface area contributed by atoms with E-state index in [1.807, 2.05) is 29.2 Å². The van der Waals surface area contributed by atoms with Crippen molar-refractivity contribution in [2.45, 2.75) is 25.7 Å². The van der Waals surface area contributed by atoms with Gasteiger partial charge in [-0.2, -0.15) is 0 Å². The molecule has 7 heteroatoms. The maximum atomic E-state index is 12.8. The number of hydrogen-bond acceptors (Lipinski definition) is 6. The standard InChI is InChI=1S/C22H29N5O2/c1-29-19-8-6-18(7-9-19)25-14-16-27(17-15-25)22(28)20-10-11-21(24-23-20)26-12-4-2-3-5-13-26/h6-11H,2-5,12-17H2,1H3. The topological polar surface area (TPSA) is 61.8 Å². The number of carbonyl (C=O) groups excluding carboxylic acids is 1. The maximum Gasteiger partial charge on any atom is 0.274 e. The highest BCUT2D eigenvalue weighted by atomic mass is 16.5. The first-order chi connectivity index (χ1) is 14.2. The van der Waals surface area contributed by atoms with E-state index in [1.165, 1.54) is 25.7 Å². The van der Waals surface area contributed by atoms with Crippen LogP contribution >= 0.6 is 0 Å². The number of carbonyl (C=O) groups is 1. The van der Waals surface area contributed by atoms with E-state index in [4.69, 9.17) is 4.74 Å². The quantitative estimate of drug-likeness (QED) is 0.793. The van der Waals surface area contributed by atoms with Crippen molar-refractivity contribution in [3.05, 3.63) is 42.1 Å². The van der Waals surface area contributed by atoms with Gasteiger partial charge in [0.25, 0.3) is 5.91 Å². The van der Waals surface area contributed by atoms with Crippen molar-refractivity contribution in [1.82, 2.24) is 15.1 Å². The molecule has 0 aliphatic carbocycles. The number of methoxy groups -OCH3 is 1. The molecule has 1 amide bonds. The third-order valence-electron chi connectivity index (χ3n) is 5.80. The molecule has 1 aromatic heterocycles. The minimum atomic E-state index is -0.0331. The predicted octanol–water partition coefficient (Wildman–Crippen LogP) is 2.83. The largest absolute Gasteiger partial charge is 0.497 e. The van der Waals surface area contributed by atoms with Crippen LogP contribution in [0, 0.1) is 0 Å². The molecular weight excluding hydrogens is 366 g/mol. The summed E-state index contributed by atoms with van der Waals surface area (Å²) in [4.78, 5) is 19.3. The highest BCUT2D eigenvalue weighted by Crippen LogP contribution is 2.21. The van der Waals surface area contributed by atoms with Crippen LogP contribution in [0.2, 0.25) is 0 Å². The van der Waals surface area contributed by atoms with Gasteiger partial charge in [-0.25, -0.2) is 0 Å². The van der Waals surface area contributed by atoms with E-state index in [2.05, 4.69) is 32.1 Å². The van der Waals surface area contributed by atoms with E-state index in [-0.39, 0.29) is 5.91 Å². The van der Waals surface area contributed by atoms with Crippen molar-refractivity contribution in [3.63, 3.8) is 0 Å². The Labute approximate surface area is 172 Å². The van der Waals surface area contributed by atoms with Crippen LogP contribution in [-0.4, -0.2) is 67.4 Å². The molecule has 2 aliphatic rings. The monoisotopic (exact) mass is 395 g/mol. The number of hydrogen-bond donors (Lipinski definition) is 0. The lowest BCUT2D eigenvalue weighted by Crippen LogP contribution is -2.49. The Morgan fingerprint density at radius 1 is 0.793 bits per heavy atom. The van der Waals surface area contributed by atoms with Crippen molar-refractivity contribution in [2.24, 2.45) is 0 Å². The van der Waals surface area contributed by atoms with Gasteiger partial charge in [-0.05, 0) is 49.2 Å². The summed E-state index contributed by atoms with van der Waals surface area (Å²) in [5, 5.41) is 8.59. The van der Waals surface area contributed by atoms with Crippen LogP contribution in [0.15, 0.2) is 36.4 Å². The number of nitrogens with zero attached hydrogens (tertiary/aromatic N) is 5. The Bertz CT molecular complexity index is 793. The molecule has 29 heavy (non-hydrogen) atoms. The first-order valence-corrected chi connectivity index (χ1v) is 10.5. The number of piperazine rings is 1. The average Bonchev–Trinajstić information content (AvgIpc) is 3.09. The van der Waals surface area contributed by atoms with Gasteiger partial charge in [0.2, 0.25) is 0 Å². The smallest absolute Gasteiger partial charge is 0.274 e. The van der Waals surface area contributed by atoms with Crippen molar-refractivity contribution in [1.29, 1.82) is 0 Å². The lowest BCUT2D eigenvalue weighted by atomic mass is 10.2. The molecule has 4 rings (SSSR count). The minimum absolute atomic E-state index is 0.0331. The number of amides is 1. The van der Waals surface area contributed by atoms with Gasteiger partial charge in [0.1, 0.15) is 5.75 Å². The third-order valence-corrected chi connectivity index (χ3v) is 5.80. The SMILES string of the molecule is COc1ccc(N2CCN(C(=O)c3ccc(N4CCCCCC4)nn3)CC2)cc1. The summed E-state index contributed by atoms with van der Waals surface area (Å²) in [7, 11) is 1.67. The summed E-state index contributed by atoms with van der Waals surface area (Å²) in [6, 6.07) is 11.8. The fourth-order valence-electron chi connectivity index (χ4n) is 4.03. The molecular formula is C22H29N5O2. The first-order valence-electron chi connectivity index (χ1n) is 10.5. The second-order valence-electron chi connectivity index (χ2n) is 7.66. The first kappa shape index (κ1) is 19.5. The van der Waals surface area contributed by atoms with Crippen LogP contribution in [0.5, 0.6) is 5.75 Å². The molecule has 0 unspecified atom stereocenters. The van der Waals surface area contributed by atoms with Crippen molar-refractivity contribution >= 4 is 17.4 Å². The second-order valence-corrected chi connectivity index (χ2v) is 7.66. The van der Waals surface area contributed by atoms with Gasteiger partial charge < -0.3 is 19.4 Å². The third kappa shape index (κ3) is 4.60. The van der Waals surface area contributed by atoms with Crippen LogP contribution in [0.3, 0.4) is 0 Å². The lowest BCUT2D eigenvalue weighted by Gasteiger charge is -2.36. The highest BCUT2D eigenvalue weighted by Gasteiger charge is 2.24. The predicted molar refractivity (Wildman–Crippen MR) is 114 cm³/mol. The van der Waals surface area contributed by atoms with E-state index in [1.54, 1.807) is 7.11 Å². The molecule has 0 bridgehead atoms. The molecule has 2 saturated heterocycles. The molecule has 2 aromatic rings. The normalized spacial score (nSPS) is 17.8. The molecule has 0 N–H and O–H groups in total. The van der Waals surface area contributed by atoms with E-state index in [0.29, 0.717) is 18.8 Å². The molecule has 154 valence electrons. The van der Waals surface area contributed by atoms with Crippen LogP contribution in [0.25, 0.3) is 0 Å². The number of benzene rings is 1.